The first kappa shape index (κ1) is 20.2. The summed E-state index contributed by atoms with van der Waals surface area (Å²) in [5.41, 5.74) is 0.135. The molecule has 0 atom stereocenters. The number of nitrogens with one attached hydrogen (secondary N) is 2. The Morgan fingerprint density at radius 1 is 1.19 bits per heavy atom. The van der Waals surface area contributed by atoms with Crippen molar-refractivity contribution < 1.29 is 18.3 Å². The summed E-state index contributed by atoms with van der Waals surface area (Å²) in [7, 11) is 1.68. The van der Waals surface area contributed by atoms with Crippen molar-refractivity contribution in [3.8, 4) is 0 Å². The smallest absolute Gasteiger partial charge is 0.240 e. The van der Waals surface area contributed by atoms with Gasteiger partial charge in [0.05, 0.1) is 0 Å². The van der Waals surface area contributed by atoms with Crippen LogP contribution in [0.25, 0.3) is 0 Å². The topological polar surface area (TPSA) is 50.4 Å². The van der Waals surface area contributed by atoms with Crippen LogP contribution in [0.2, 0.25) is 0 Å². The minimum atomic E-state index is -0.519. The van der Waals surface area contributed by atoms with E-state index in [0.717, 1.165) is 44.7 Å². The molecule has 1 saturated heterocycles. The Morgan fingerprint density at radius 3 is 2.52 bits per heavy atom. The SMILES string of the molecule is CNC(=O)C1(NCC[C@H]2CC[C@H](c3ccc(F)cc3F)CC2)CCOCC1. The normalized spacial score (nSPS) is 25.1. The number of benzene rings is 1. The zero-order valence-electron chi connectivity index (χ0n) is 16.0. The van der Waals surface area contributed by atoms with Crippen molar-refractivity contribution in [2.24, 2.45) is 5.92 Å². The van der Waals surface area contributed by atoms with Gasteiger partial charge >= 0.3 is 0 Å². The van der Waals surface area contributed by atoms with Gasteiger partial charge in [-0.2, -0.15) is 0 Å². The van der Waals surface area contributed by atoms with Crippen LogP contribution in [0.1, 0.15) is 56.4 Å². The van der Waals surface area contributed by atoms with E-state index in [4.69, 9.17) is 4.74 Å². The van der Waals surface area contributed by atoms with Gasteiger partial charge in [0, 0.05) is 26.3 Å². The summed E-state index contributed by atoms with van der Waals surface area (Å²) in [5.74, 6) is -0.135. The fourth-order valence-electron chi connectivity index (χ4n) is 4.55. The van der Waals surface area contributed by atoms with Gasteiger partial charge in [0.15, 0.2) is 0 Å². The molecule has 150 valence electrons. The molecular weight excluding hydrogens is 350 g/mol. The van der Waals surface area contributed by atoms with Gasteiger partial charge in [-0.25, -0.2) is 8.78 Å². The number of carbonyl (C=O) groups excluding carboxylic acids is 1. The number of carbonyl (C=O) groups is 1. The Kier molecular flexibility index (Phi) is 6.82. The van der Waals surface area contributed by atoms with Gasteiger partial charge in [0.1, 0.15) is 17.2 Å². The van der Waals surface area contributed by atoms with E-state index >= 15 is 0 Å². The Bertz CT molecular complexity index is 639. The molecule has 3 rings (SSSR count). The standard InChI is InChI=1S/C21H30F2N2O2/c1-24-20(26)21(9-12-27-13-10-21)25-11-8-15-2-4-16(5-3-15)18-7-6-17(22)14-19(18)23/h6-7,14-16,25H,2-5,8-13H2,1H3,(H,24,26)/t15-,16-. The molecular formula is C21H30F2N2O2. The van der Waals surface area contributed by atoms with Crippen LogP contribution in [0.15, 0.2) is 18.2 Å². The predicted molar refractivity (Wildman–Crippen MR) is 101 cm³/mol. The lowest BCUT2D eigenvalue weighted by molar-refractivity contribution is -0.131. The molecule has 0 bridgehead atoms. The van der Waals surface area contributed by atoms with E-state index in [9.17, 15) is 13.6 Å². The van der Waals surface area contributed by atoms with Gasteiger partial charge < -0.3 is 15.4 Å². The van der Waals surface area contributed by atoms with E-state index < -0.39 is 17.2 Å². The van der Waals surface area contributed by atoms with Crippen molar-refractivity contribution in [2.75, 3.05) is 26.8 Å². The average molecular weight is 380 g/mol. The third-order valence-corrected chi connectivity index (χ3v) is 6.27. The molecule has 2 aliphatic rings. The molecule has 1 aliphatic carbocycles. The van der Waals surface area contributed by atoms with Gasteiger partial charge in [-0.1, -0.05) is 6.07 Å². The number of rotatable bonds is 6. The van der Waals surface area contributed by atoms with E-state index in [1.54, 1.807) is 13.1 Å². The van der Waals surface area contributed by atoms with Crippen LogP contribution in [0.5, 0.6) is 0 Å². The van der Waals surface area contributed by atoms with Crippen molar-refractivity contribution in [1.29, 1.82) is 0 Å². The molecule has 0 unspecified atom stereocenters. The number of hydrogen-bond acceptors (Lipinski definition) is 3. The quantitative estimate of drug-likeness (QED) is 0.794. The van der Waals surface area contributed by atoms with Crippen molar-refractivity contribution in [3.63, 3.8) is 0 Å². The van der Waals surface area contributed by atoms with Crippen LogP contribution in [-0.2, 0) is 9.53 Å². The molecule has 4 nitrogen and oxygen atoms in total. The first-order valence-electron chi connectivity index (χ1n) is 10.0. The molecule has 1 amide bonds. The van der Waals surface area contributed by atoms with Gasteiger partial charge in [-0.3, -0.25) is 4.79 Å². The second kappa shape index (κ2) is 9.11. The molecule has 0 aromatic heterocycles. The Hall–Kier alpha value is -1.53. The highest BCUT2D eigenvalue weighted by atomic mass is 19.1. The summed E-state index contributed by atoms with van der Waals surface area (Å²) in [6, 6.07) is 3.92. The maximum Gasteiger partial charge on any atom is 0.240 e. The highest BCUT2D eigenvalue weighted by Gasteiger charge is 2.39. The second-order valence-electron chi connectivity index (χ2n) is 7.87. The fourth-order valence-corrected chi connectivity index (χ4v) is 4.55. The van der Waals surface area contributed by atoms with Gasteiger partial charge in [0.25, 0.3) is 0 Å². The van der Waals surface area contributed by atoms with Crippen LogP contribution >= 0.6 is 0 Å². The number of likely N-dealkylation sites (N-methyl/N-ethyl adjacent to an activating group) is 1. The predicted octanol–water partition coefficient (Wildman–Crippen LogP) is 3.51. The average Bonchev–Trinajstić information content (AvgIpc) is 2.69. The van der Waals surface area contributed by atoms with E-state index in [1.165, 1.54) is 6.07 Å². The summed E-state index contributed by atoms with van der Waals surface area (Å²) in [6.07, 6.45) is 6.35. The summed E-state index contributed by atoms with van der Waals surface area (Å²) in [5, 5.41) is 6.28. The molecule has 2 fully saturated rings. The molecule has 1 aromatic rings. The minimum absolute atomic E-state index is 0.0429. The van der Waals surface area contributed by atoms with Crippen molar-refractivity contribution >= 4 is 5.91 Å². The van der Waals surface area contributed by atoms with Crippen LogP contribution in [0.3, 0.4) is 0 Å². The van der Waals surface area contributed by atoms with Gasteiger partial charge in [0.2, 0.25) is 5.91 Å². The zero-order valence-corrected chi connectivity index (χ0v) is 16.0. The highest BCUT2D eigenvalue weighted by Crippen LogP contribution is 2.38. The number of hydrogen-bond donors (Lipinski definition) is 2. The van der Waals surface area contributed by atoms with Crippen molar-refractivity contribution in [2.45, 2.75) is 56.4 Å². The molecule has 1 heterocycles. The summed E-state index contributed by atoms with van der Waals surface area (Å²) < 4.78 is 32.5. The number of halogens is 2. The van der Waals surface area contributed by atoms with E-state index in [1.807, 2.05) is 0 Å². The lowest BCUT2D eigenvalue weighted by Gasteiger charge is -2.37. The largest absolute Gasteiger partial charge is 0.381 e. The summed E-state index contributed by atoms with van der Waals surface area (Å²) in [4.78, 5) is 12.3. The lowest BCUT2D eigenvalue weighted by Crippen LogP contribution is -2.59. The minimum Gasteiger partial charge on any atom is -0.381 e. The second-order valence-corrected chi connectivity index (χ2v) is 7.87. The summed E-state index contributed by atoms with van der Waals surface area (Å²) in [6.45, 7) is 2.01. The Labute approximate surface area is 160 Å². The van der Waals surface area contributed by atoms with Crippen molar-refractivity contribution in [3.05, 3.63) is 35.4 Å². The van der Waals surface area contributed by atoms with Gasteiger partial charge in [-0.05, 0) is 75.0 Å². The molecule has 0 spiro atoms. The molecule has 6 heteroatoms. The first-order chi connectivity index (χ1) is 13.0. The summed E-state index contributed by atoms with van der Waals surface area (Å²) >= 11 is 0. The maximum absolute atomic E-state index is 14.0. The monoisotopic (exact) mass is 380 g/mol. The van der Waals surface area contributed by atoms with Crippen LogP contribution in [0, 0.1) is 17.6 Å². The lowest BCUT2D eigenvalue weighted by atomic mass is 9.77. The Balaban J connectivity index is 1.47. The number of amides is 1. The first-order valence-corrected chi connectivity index (χ1v) is 10.0. The third kappa shape index (κ3) is 4.85. The Morgan fingerprint density at radius 2 is 1.89 bits per heavy atom. The molecule has 2 N–H and O–H groups in total. The van der Waals surface area contributed by atoms with E-state index in [2.05, 4.69) is 10.6 Å². The van der Waals surface area contributed by atoms with Crippen molar-refractivity contribution in [1.82, 2.24) is 10.6 Å². The van der Waals surface area contributed by atoms with E-state index in [0.29, 0.717) is 37.5 Å². The zero-order chi connectivity index (χ0) is 19.3. The fraction of sp³-hybridized carbons (Fsp3) is 0.667. The molecule has 1 saturated carbocycles. The third-order valence-electron chi connectivity index (χ3n) is 6.27. The molecule has 1 aromatic carbocycles. The highest BCUT2D eigenvalue weighted by molar-refractivity contribution is 5.86. The molecule has 0 radical (unpaired) electrons. The number of ether oxygens (including phenoxy) is 1. The maximum atomic E-state index is 14.0. The van der Waals surface area contributed by atoms with Crippen LogP contribution in [-0.4, -0.2) is 38.3 Å². The van der Waals surface area contributed by atoms with E-state index in [-0.39, 0.29) is 11.8 Å². The van der Waals surface area contributed by atoms with Crippen LogP contribution in [0.4, 0.5) is 8.78 Å². The van der Waals surface area contributed by atoms with Gasteiger partial charge in [-0.15, -0.1) is 0 Å². The molecule has 27 heavy (non-hydrogen) atoms. The molecule has 1 aliphatic heterocycles. The van der Waals surface area contributed by atoms with Crippen LogP contribution < -0.4 is 10.6 Å².